The Morgan fingerprint density at radius 1 is 0.654 bits per heavy atom. The van der Waals surface area contributed by atoms with Crippen LogP contribution in [0.3, 0.4) is 0 Å². The topological polar surface area (TPSA) is 92.3 Å². The van der Waals surface area contributed by atoms with Crippen molar-refractivity contribution in [2.75, 3.05) is 0 Å². The molecule has 2 aliphatic heterocycles. The Morgan fingerprint density at radius 3 is 1.54 bits per heavy atom. The van der Waals surface area contributed by atoms with Gasteiger partial charge >= 0.3 is 0 Å². The largest absolute Gasteiger partial charge is 0.289 e. The molecule has 0 aromatic carbocycles. The second-order valence-corrected chi connectivity index (χ2v) is 6.61. The molecule has 2 aliphatic rings. The van der Waals surface area contributed by atoms with Gasteiger partial charge < -0.3 is 0 Å². The second-order valence-electron chi connectivity index (χ2n) is 6.61. The molecule has 0 spiro atoms. The second kappa shape index (κ2) is 13.0. The summed E-state index contributed by atoms with van der Waals surface area (Å²) in [5.41, 5.74) is 0.657. The summed E-state index contributed by atoms with van der Waals surface area (Å²) in [6, 6.07) is 0. The van der Waals surface area contributed by atoms with E-state index in [9.17, 15) is 19.2 Å². The van der Waals surface area contributed by atoms with Crippen LogP contribution in [0, 0.1) is 0 Å². The van der Waals surface area contributed by atoms with E-state index >= 15 is 0 Å². The number of imide groups is 2. The average molecular weight is 362 g/mol. The normalized spacial score (nSPS) is 15.5. The minimum atomic E-state index is -0.329. The van der Waals surface area contributed by atoms with Gasteiger partial charge in [-0.1, -0.05) is 64.7 Å². The maximum Gasteiger partial charge on any atom is 0.254 e. The fourth-order valence-electron chi connectivity index (χ4n) is 2.80. The number of carbonyl (C=O) groups excluding carboxylic acids is 4. The van der Waals surface area contributed by atoms with Gasteiger partial charge in [-0.2, -0.15) is 0 Å². The molecule has 6 heteroatoms. The Balaban J connectivity index is 0.000000401. The molecule has 2 rings (SSSR count). The SMILES string of the molecule is CCCCCCCCCCCCC1=CC(=O)NC1=O.O=C1C=CC(=O)N1. The Morgan fingerprint density at radius 2 is 1.15 bits per heavy atom. The highest BCUT2D eigenvalue weighted by atomic mass is 16.2. The predicted molar refractivity (Wildman–Crippen MR) is 100.0 cm³/mol. The summed E-state index contributed by atoms with van der Waals surface area (Å²) in [7, 11) is 0. The maximum atomic E-state index is 11.3. The van der Waals surface area contributed by atoms with Crippen LogP contribution in [0.2, 0.25) is 0 Å². The predicted octanol–water partition coefficient (Wildman–Crippen LogP) is 3.08. The third-order valence-electron chi connectivity index (χ3n) is 4.27. The number of carbonyl (C=O) groups is 4. The van der Waals surface area contributed by atoms with Gasteiger partial charge in [0.05, 0.1) is 0 Å². The first-order chi connectivity index (χ1) is 12.5. The Bertz CT molecular complexity index is 548. The Kier molecular flexibility index (Phi) is 10.9. The molecule has 0 fully saturated rings. The zero-order valence-corrected chi connectivity index (χ0v) is 15.6. The molecule has 0 saturated carbocycles. The summed E-state index contributed by atoms with van der Waals surface area (Å²) >= 11 is 0. The molecule has 0 aromatic rings. The van der Waals surface area contributed by atoms with Crippen LogP contribution in [0.1, 0.15) is 77.6 Å². The summed E-state index contributed by atoms with van der Waals surface area (Å²) in [4.78, 5) is 42.3. The monoisotopic (exact) mass is 362 g/mol. The molecule has 2 N–H and O–H groups in total. The van der Waals surface area contributed by atoms with E-state index < -0.39 is 0 Å². The van der Waals surface area contributed by atoms with E-state index in [1.807, 2.05) is 5.32 Å². The molecule has 144 valence electrons. The van der Waals surface area contributed by atoms with E-state index in [1.54, 1.807) is 0 Å². The first-order valence-electron chi connectivity index (χ1n) is 9.62. The standard InChI is InChI=1S/C16H27NO2.C4H3NO2/c1-2-3-4-5-6-7-8-9-10-11-12-14-13-15(18)17-16(14)19;6-3-1-2-4(7)5-3/h13H,2-12H2,1H3,(H,17,18,19);1-2H,(H,5,6,7). The van der Waals surface area contributed by atoms with Crippen LogP contribution in [0.5, 0.6) is 0 Å². The van der Waals surface area contributed by atoms with Crippen LogP contribution in [0.15, 0.2) is 23.8 Å². The van der Waals surface area contributed by atoms with Crippen molar-refractivity contribution in [1.29, 1.82) is 0 Å². The lowest BCUT2D eigenvalue weighted by Gasteiger charge is -2.02. The zero-order chi connectivity index (χ0) is 19.2. The molecule has 26 heavy (non-hydrogen) atoms. The number of hydrogen-bond donors (Lipinski definition) is 2. The van der Waals surface area contributed by atoms with E-state index in [0.717, 1.165) is 19.3 Å². The minimum absolute atomic E-state index is 0.194. The van der Waals surface area contributed by atoms with Crippen molar-refractivity contribution in [1.82, 2.24) is 10.6 Å². The van der Waals surface area contributed by atoms with Crippen LogP contribution in [-0.2, 0) is 19.2 Å². The lowest BCUT2D eigenvalue weighted by molar-refractivity contribution is -0.125. The van der Waals surface area contributed by atoms with Crippen LogP contribution in [0.25, 0.3) is 0 Å². The van der Waals surface area contributed by atoms with Gasteiger partial charge in [-0.25, -0.2) is 0 Å². The van der Waals surface area contributed by atoms with Crippen molar-refractivity contribution in [3.8, 4) is 0 Å². The van der Waals surface area contributed by atoms with Crippen LogP contribution in [0.4, 0.5) is 0 Å². The van der Waals surface area contributed by atoms with Crippen molar-refractivity contribution >= 4 is 23.6 Å². The van der Waals surface area contributed by atoms with E-state index in [1.165, 1.54) is 69.6 Å². The smallest absolute Gasteiger partial charge is 0.254 e. The molecule has 0 saturated heterocycles. The summed E-state index contributed by atoms with van der Waals surface area (Å²) in [6.07, 6.45) is 17.4. The highest BCUT2D eigenvalue weighted by Crippen LogP contribution is 2.15. The number of unbranched alkanes of at least 4 members (excludes halogenated alkanes) is 9. The minimum Gasteiger partial charge on any atom is -0.289 e. The molecule has 0 aromatic heterocycles. The van der Waals surface area contributed by atoms with Crippen molar-refractivity contribution in [2.24, 2.45) is 0 Å². The van der Waals surface area contributed by atoms with Gasteiger partial charge in [-0.15, -0.1) is 0 Å². The Labute approximate surface area is 155 Å². The fourth-order valence-corrected chi connectivity index (χ4v) is 2.80. The average Bonchev–Trinajstić information content (AvgIpc) is 3.13. The molecule has 0 atom stereocenters. The number of nitrogens with one attached hydrogen (secondary N) is 2. The molecule has 0 radical (unpaired) electrons. The highest BCUT2D eigenvalue weighted by Gasteiger charge is 2.19. The van der Waals surface area contributed by atoms with E-state index in [0.29, 0.717) is 5.57 Å². The van der Waals surface area contributed by atoms with Crippen molar-refractivity contribution in [3.05, 3.63) is 23.8 Å². The molecule has 4 amide bonds. The third-order valence-corrected chi connectivity index (χ3v) is 4.27. The summed E-state index contributed by atoms with van der Waals surface area (Å²) in [5.74, 6) is -1.11. The molecular weight excluding hydrogens is 332 g/mol. The van der Waals surface area contributed by atoms with Crippen LogP contribution in [-0.4, -0.2) is 23.6 Å². The van der Waals surface area contributed by atoms with E-state index in [-0.39, 0.29) is 23.6 Å². The van der Waals surface area contributed by atoms with Gasteiger partial charge in [0.25, 0.3) is 23.6 Å². The molecule has 2 heterocycles. The zero-order valence-electron chi connectivity index (χ0n) is 15.6. The van der Waals surface area contributed by atoms with Gasteiger partial charge in [0, 0.05) is 23.8 Å². The van der Waals surface area contributed by atoms with Gasteiger partial charge in [-0.05, 0) is 12.8 Å². The summed E-state index contributed by atoms with van der Waals surface area (Å²) in [6.45, 7) is 2.24. The van der Waals surface area contributed by atoms with Crippen molar-refractivity contribution < 1.29 is 19.2 Å². The first-order valence-corrected chi connectivity index (χ1v) is 9.62. The van der Waals surface area contributed by atoms with E-state index in [4.69, 9.17) is 0 Å². The van der Waals surface area contributed by atoms with Gasteiger partial charge in [0.15, 0.2) is 0 Å². The van der Waals surface area contributed by atoms with Gasteiger partial charge in [-0.3, -0.25) is 29.8 Å². The molecule has 0 unspecified atom stereocenters. The van der Waals surface area contributed by atoms with Gasteiger partial charge in [0.2, 0.25) is 0 Å². The molecule has 6 nitrogen and oxygen atoms in total. The van der Waals surface area contributed by atoms with E-state index in [2.05, 4.69) is 12.2 Å². The highest BCUT2D eigenvalue weighted by molar-refractivity contribution is 6.16. The van der Waals surface area contributed by atoms with Crippen molar-refractivity contribution in [2.45, 2.75) is 77.6 Å². The summed E-state index contributed by atoms with van der Waals surface area (Å²) < 4.78 is 0. The number of rotatable bonds is 11. The quantitative estimate of drug-likeness (QED) is 0.436. The van der Waals surface area contributed by atoms with Gasteiger partial charge in [0.1, 0.15) is 0 Å². The fraction of sp³-hybridized carbons (Fsp3) is 0.600. The van der Waals surface area contributed by atoms with Crippen molar-refractivity contribution in [3.63, 3.8) is 0 Å². The molecular formula is C20H30N2O4. The van der Waals surface area contributed by atoms with Crippen LogP contribution >= 0.6 is 0 Å². The lowest BCUT2D eigenvalue weighted by Crippen LogP contribution is -2.22. The van der Waals surface area contributed by atoms with Crippen LogP contribution < -0.4 is 10.6 Å². The maximum absolute atomic E-state index is 11.3. The first kappa shape index (κ1) is 21.8. The number of hydrogen-bond acceptors (Lipinski definition) is 4. The lowest BCUT2D eigenvalue weighted by atomic mass is 10.0. The molecule has 0 bridgehead atoms. The molecule has 0 aliphatic carbocycles. The number of amides is 4. The third kappa shape index (κ3) is 9.91. The Hall–Kier alpha value is -2.24. The summed E-state index contributed by atoms with van der Waals surface area (Å²) in [5, 5.41) is 4.31.